The van der Waals surface area contributed by atoms with Gasteiger partial charge in [-0.2, -0.15) is 0 Å². The molecule has 5 rings (SSSR count). The Kier molecular flexibility index (Phi) is 5.85. The Balaban J connectivity index is 1.44. The van der Waals surface area contributed by atoms with Gasteiger partial charge in [0.25, 0.3) is 0 Å². The van der Waals surface area contributed by atoms with Gasteiger partial charge in [0, 0.05) is 30.2 Å². The molecule has 34 heavy (non-hydrogen) atoms. The molecule has 1 unspecified atom stereocenters. The third-order valence-corrected chi connectivity index (χ3v) is 6.74. The van der Waals surface area contributed by atoms with Crippen molar-refractivity contribution < 1.29 is 13.9 Å². The van der Waals surface area contributed by atoms with E-state index in [1.807, 2.05) is 44.5 Å². The van der Waals surface area contributed by atoms with Gasteiger partial charge in [-0.15, -0.1) is 11.3 Å². The van der Waals surface area contributed by atoms with E-state index in [2.05, 4.69) is 22.0 Å². The van der Waals surface area contributed by atoms with Gasteiger partial charge >= 0.3 is 6.09 Å². The van der Waals surface area contributed by atoms with Gasteiger partial charge in [-0.1, -0.05) is 6.07 Å². The molecule has 1 aliphatic heterocycles. The van der Waals surface area contributed by atoms with E-state index in [0.717, 1.165) is 38.9 Å². The van der Waals surface area contributed by atoms with E-state index < -0.39 is 5.60 Å². The summed E-state index contributed by atoms with van der Waals surface area (Å²) in [5.41, 5.74) is 5.01. The molecule has 1 atom stereocenters. The minimum atomic E-state index is -0.527. The van der Waals surface area contributed by atoms with Crippen LogP contribution in [-0.4, -0.2) is 45.7 Å². The van der Waals surface area contributed by atoms with E-state index in [1.54, 1.807) is 22.3 Å². The monoisotopic (exact) mass is 478 g/mol. The zero-order valence-electron chi connectivity index (χ0n) is 19.5. The Morgan fingerprint density at radius 1 is 1.18 bits per heavy atom. The number of rotatable bonds is 4. The highest BCUT2D eigenvalue weighted by molar-refractivity contribution is 7.16. The number of fused-ring (bicyclic) bond motifs is 2. The van der Waals surface area contributed by atoms with Crippen molar-refractivity contribution in [1.82, 2.24) is 14.9 Å². The lowest BCUT2D eigenvalue weighted by Crippen LogP contribution is -2.40. The first-order chi connectivity index (χ1) is 16.2. The summed E-state index contributed by atoms with van der Waals surface area (Å²) in [6.07, 6.45) is 0.553. The van der Waals surface area contributed by atoms with Gasteiger partial charge in [0.2, 0.25) is 0 Å². The summed E-state index contributed by atoms with van der Waals surface area (Å²) in [6, 6.07) is 14.9. The van der Waals surface area contributed by atoms with Crippen LogP contribution in [0, 0.1) is 5.82 Å². The van der Waals surface area contributed by atoms with Crippen LogP contribution < -0.4 is 4.90 Å². The van der Waals surface area contributed by atoms with Gasteiger partial charge in [0.05, 0.1) is 33.5 Å². The van der Waals surface area contributed by atoms with Crippen LogP contribution >= 0.6 is 11.3 Å². The predicted octanol–water partition coefficient (Wildman–Crippen LogP) is 6.00. The van der Waals surface area contributed by atoms with Crippen LogP contribution in [-0.2, 0) is 11.3 Å². The molecular weight excluding hydrogens is 451 g/mol. The van der Waals surface area contributed by atoms with Gasteiger partial charge in [0.15, 0.2) is 0 Å². The van der Waals surface area contributed by atoms with Crippen molar-refractivity contribution in [2.45, 2.75) is 45.4 Å². The van der Waals surface area contributed by atoms with E-state index in [0.29, 0.717) is 19.6 Å². The molecule has 3 heterocycles. The summed E-state index contributed by atoms with van der Waals surface area (Å²) < 4.78 is 20.3. The SMILES string of the molecule is CC(C)(C)OC(=O)N1CCC(N(Cc2ccc3cc(F)ccc3n2)c2ccc3ncsc3c2)C1. The number of halogens is 1. The molecule has 0 radical (unpaired) electrons. The molecular formula is C26H27FN4O2S. The van der Waals surface area contributed by atoms with Crippen LogP contribution in [0.1, 0.15) is 32.9 Å². The Hall–Kier alpha value is -3.26. The van der Waals surface area contributed by atoms with Crippen LogP contribution in [0.15, 0.2) is 54.0 Å². The summed E-state index contributed by atoms with van der Waals surface area (Å²) in [5.74, 6) is -0.269. The third kappa shape index (κ3) is 4.82. The van der Waals surface area contributed by atoms with Gasteiger partial charge in [-0.25, -0.2) is 14.2 Å². The number of anilines is 1. The van der Waals surface area contributed by atoms with E-state index in [9.17, 15) is 9.18 Å². The van der Waals surface area contributed by atoms with Crippen LogP contribution in [0.25, 0.3) is 21.1 Å². The molecule has 0 spiro atoms. The fourth-order valence-electron chi connectivity index (χ4n) is 4.34. The second-order valence-electron chi connectivity index (χ2n) is 9.64. The molecule has 1 amide bonds. The minimum Gasteiger partial charge on any atom is -0.444 e. The predicted molar refractivity (Wildman–Crippen MR) is 134 cm³/mol. The van der Waals surface area contributed by atoms with Crippen LogP contribution in [0.4, 0.5) is 14.9 Å². The molecule has 8 heteroatoms. The fourth-order valence-corrected chi connectivity index (χ4v) is 5.05. The van der Waals surface area contributed by atoms with Crippen LogP contribution in [0.2, 0.25) is 0 Å². The molecule has 2 aromatic heterocycles. The molecule has 1 fully saturated rings. The Morgan fingerprint density at radius 2 is 2.00 bits per heavy atom. The molecule has 176 valence electrons. The summed E-state index contributed by atoms with van der Waals surface area (Å²) in [5, 5.41) is 0.776. The Bertz CT molecular complexity index is 1350. The number of aromatic nitrogens is 2. The smallest absolute Gasteiger partial charge is 0.410 e. The van der Waals surface area contributed by atoms with Gasteiger partial charge < -0.3 is 14.5 Å². The lowest BCUT2D eigenvalue weighted by atomic mass is 10.1. The molecule has 4 aromatic rings. The van der Waals surface area contributed by atoms with Gasteiger partial charge in [-0.3, -0.25) is 4.98 Å². The van der Waals surface area contributed by atoms with E-state index in [4.69, 9.17) is 9.72 Å². The zero-order valence-corrected chi connectivity index (χ0v) is 20.3. The first kappa shape index (κ1) is 22.5. The average molecular weight is 479 g/mol. The number of carbonyl (C=O) groups excluding carboxylic acids is 1. The maximum atomic E-state index is 13.6. The topological polar surface area (TPSA) is 58.6 Å². The molecule has 0 N–H and O–H groups in total. The number of amides is 1. The van der Waals surface area contributed by atoms with Crippen molar-refractivity contribution >= 4 is 44.2 Å². The molecule has 0 bridgehead atoms. The van der Waals surface area contributed by atoms with Gasteiger partial charge in [0.1, 0.15) is 11.4 Å². The summed E-state index contributed by atoms with van der Waals surface area (Å²) in [7, 11) is 0. The summed E-state index contributed by atoms with van der Waals surface area (Å²) >= 11 is 1.61. The normalized spacial score (nSPS) is 16.4. The Morgan fingerprint density at radius 3 is 2.82 bits per heavy atom. The number of thiazole rings is 1. The number of hydrogen-bond acceptors (Lipinski definition) is 6. The lowest BCUT2D eigenvalue weighted by Gasteiger charge is -2.31. The number of likely N-dealkylation sites (tertiary alicyclic amines) is 1. The number of pyridine rings is 1. The second kappa shape index (κ2) is 8.83. The highest BCUT2D eigenvalue weighted by Gasteiger charge is 2.33. The molecule has 2 aromatic carbocycles. The average Bonchev–Trinajstić information content (AvgIpc) is 3.45. The van der Waals surface area contributed by atoms with Gasteiger partial charge in [-0.05, 0) is 69.7 Å². The fraction of sp³-hybridized carbons (Fsp3) is 0.346. The number of benzene rings is 2. The Labute approximate surface area is 202 Å². The summed E-state index contributed by atoms with van der Waals surface area (Å²) in [6.45, 7) is 7.44. The lowest BCUT2D eigenvalue weighted by molar-refractivity contribution is 0.0292. The molecule has 0 aliphatic carbocycles. The van der Waals surface area contributed by atoms with Crippen molar-refractivity contribution in [3.63, 3.8) is 0 Å². The van der Waals surface area contributed by atoms with Crippen LogP contribution in [0.5, 0.6) is 0 Å². The zero-order chi connectivity index (χ0) is 23.9. The highest BCUT2D eigenvalue weighted by atomic mass is 32.1. The standard InChI is InChI=1S/C26H27FN4O2S/c1-26(2,3)33-25(32)30-11-10-21(15-30)31(20-7-9-23-24(13-20)34-16-28-23)14-19-6-4-17-12-18(27)5-8-22(17)29-19/h4-9,12-13,16,21H,10-11,14-15H2,1-3H3. The van der Waals surface area contributed by atoms with E-state index in [1.165, 1.54) is 12.1 Å². The molecule has 6 nitrogen and oxygen atoms in total. The largest absolute Gasteiger partial charge is 0.444 e. The number of hydrogen-bond donors (Lipinski definition) is 0. The van der Waals surface area contributed by atoms with Crippen molar-refractivity contribution in [1.29, 1.82) is 0 Å². The first-order valence-corrected chi connectivity index (χ1v) is 12.3. The molecule has 0 saturated carbocycles. The molecule has 1 aliphatic rings. The number of nitrogens with zero attached hydrogens (tertiary/aromatic N) is 4. The van der Waals surface area contributed by atoms with Crippen molar-refractivity contribution in [2.75, 3.05) is 18.0 Å². The molecule has 1 saturated heterocycles. The van der Waals surface area contributed by atoms with Crippen molar-refractivity contribution in [3.8, 4) is 0 Å². The highest BCUT2D eigenvalue weighted by Crippen LogP contribution is 2.30. The van der Waals surface area contributed by atoms with E-state index in [-0.39, 0.29) is 18.0 Å². The first-order valence-electron chi connectivity index (χ1n) is 11.4. The van der Waals surface area contributed by atoms with Crippen molar-refractivity contribution in [3.05, 3.63) is 65.6 Å². The number of ether oxygens (including phenoxy) is 1. The van der Waals surface area contributed by atoms with Crippen molar-refractivity contribution in [2.24, 2.45) is 0 Å². The second-order valence-corrected chi connectivity index (χ2v) is 10.5. The van der Waals surface area contributed by atoms with E-state index >= 15 is 0 Å². The number of carbonyl (C=O) groups is 1. The summed E-state index contributed by atoms with van der Waals surface area (Å²) in [4.78, 5) is 25.9. The maximum Gasteiger partial charge on any atom is 0.410 e. The maximum absolute atomic E-state index is 13.6. The third-order valence-electron chi connectivity index (χ3n) is 5.94. The van der Waals surface area contributed by atoms with Crippen LogP contribution in [0.3, 0.4) is 0 Å². The minimum absolute atomic E-state index is 0.114. The quantitative estimate of drug-likeness (QED) is 0.360.